The number of aromatic nitrogens is 3. The molecule has 0 aliphatic rings. The lowest BCUT2D eigenvalue weighted by Gasteiger charge is -2.04. The van der Waals surface area contributed by atoms with Gasteiger partial charge in [-0.25, -0.2) is 4.98 Å². The summed E-state index contributed by atoms with van der Waals surface area (Å²) in [4.78, 5) is 4.46. The molecule has 2 rings (SSSR count). The maximum Gasteiger partial charge on any atom is 0.0897 e. The van der Waals surface area contributed by atoms with E-state index in [9.17, 15) is 0 Å². The quantitative estimate of drug-likeness (QED) is 0.841. The Morgan fingerprint density at radius 1 is 1.33 bits per heavy atom. The van der Waals surface area contributed by atoms with Crippen molar-refractivity contribution >= 4 is 11.3 Å². The Hall–Kier alpha value is -1.20. The Bertz CT molecular complexity index is 527. The summed E-state index contributed by atoms with van der Waals surface area (Å²) in [5, 5.41) is 11.2. The van der Waals surface area contributed by atoms with Crippen LogP contribution in [0.15, 0.2) is 5.38 Å². The number of hydrogen-bond donors (Lipinski definition) is 1. The molecule has 0 radical (unpaired) electrons. The molecule has 0 aliphatic carbocycles. The van der Waals surface area contributed by atoms with Crippen molar-refractivity contribution in [2.75, 3.05) is 6.54 Å². The van der Waals surface area contributed by atoms with Gasteiger partial charge in [0.05, 0.1) is 16.4 Å². The van der Waals surface area contributed by atoms with Gasteiger partial charge in [0.25, 0.3) is 0 Å². The van der Waals surface area contributed by atoms with Crippen LogP contribution in [0.4, 0.5) is 0 Å². The number of aryl methyl sites for hydroxylation is 3. The summed E-state index contributed by atoms with van der Waals surface area (Å²) < 4.78 is 1.94. The molecule has 5 heteroatoms. The topological polar surface area (TPSA) is 42.7 Å². The third-order valence-corrected chi connectivity index (χ3v) is 4.01. The summed E-state index contributed by atoms with van der Waals surface area (Å²) in [5.74, 6) is 0. The van der Waals surface area contributed by atoms with Crippen molar-refractivity contribution < 1.29 is 0 Å². The number of nitrogens with zero attached hydrogens (tertiary/aromatic N) is 3. The van der Waals surface area contributed by atoms with Gasteiger partial charge in [0.15, 0.2) is 0 Å². The maximum absolute atomic E-state index is 4.46. The van der Waals surface area contributed by atoms with E-state index in [1.165, 1.54) is 17.0 Å². The molecule has 98 valence electrons. The van der Waals surface area contributed by atoms with Crippen molar-refractivity contribution in [2.45, 2.75) is 33.7 Å². The van der Waals surface area contributed by atoms with E-state index in [1.807, 2.05) is 18.7 Å². The van der Waals surface area contributed by atoms with Crippen molar-refractivity contribution in [1.29, 1.82) is 0 Å². The first-order chi connectivity index (χ1) is 8.58. The summed E-state index contributed by atoms with van der Waals surface area (Å²) in [5.41, 5.74) is 4.85. The molecule has 1 N–H and O–H groups in total. The van der Waals surface area contributed by atoms with Crippen LogP contribution in [0.5, 0.6) is 0 Å². The highest BCUT2D eigenvalue weighted by atomic mass is 32.1. The summed E-state index contributed by atoms with van der Waals surface area (Å²) in [6, 6.07) is 0. The zero-order valence-corrected chi connectivity index (χ0v) is 12.3. The van der Waals surface area contributed by atoms with E-state index >= 15 is 0 Å². The molecule has 0 fully saturated rings. The summed E-state index contributed by atoms with van der Waals surface area (Å²) >= 11 is 1.71. The molecular weight excluding hydrogens is 244 g/mol. The van der Waals surface area contributed by atoms with Gasteiger partial charge in [0, 0.05) is 43.2 Å². The third kappa shape index (κ3) is 2.97. The van der Waals surface area contributed by atoms with Gasteiger partial charge in [0.2, 0.25) is 0 Å². The Morgan fingerprint density at radius 3 is 2.67 bits per heavy atom. The predicted octanol–water partition coefficient (Wildman–Crippen LogP) is 2.13. The third-order valence-electron chi connectivity index (χ3n) is 3.19. The fraction of sp³-hybridized carbons (Fsp3) is 0.538. The van der Waals surface area contributed by atoms with Crippen molar-refractivity contribution in [3.8, 4) is 0 Å². The molecule has 2 heterocycles. The first-order valence-electron chi connectivity index (χ1n) is 6.18. The average Bonchev–Trinajstić information content (AvgIpc) is 2.82. The molecule has 2 aromatic rings. The van der Waals surface area contributed by atoms with Crippen LogP contribution in [0.25, 0.3) is 0 Å². The van der Waals surface area contributed by atoms with Gasteiger partial charge in [-0.1, -0.05) is 0 Å². The first-order valence-corrected chi connectivity index (χ1v) is 7.06. The predicted molar refractivity (Wildman–Crippen MR) is 74.9 cm³/mol. The molecule has 4 nitrogen and oxygen atoms in total. The van der Waals surface area contributed by atoms with Crippen LogP contribution in [0, 0.1) is 20.8 Å². The van der Waals surface area contributed by atoms with E-state index in [-0.39, 0.29) is 0 Å². The lowest BCUT2D eigenvalue weighted by Crippen LogP contribution is -2.17. The van der Waals surface area contributed by atoms with Crippen LogP contribution in [-0.4, -0.2) is 21.3 Å². The molecule has 0 bridgehead atoms. The minimum atomic E-state index is 0.884. The monoisotopic (exact) mass is 264 g/mol. The molecule has 0 aromatic carbocycles. The van der Waals surface area contributed by atoms with Crippen LogP contribution in [0.2, 0.25) is 0 Å². The fourth-order valence-electron chi connectivity index (χ4n) is 2.03. The average molecular weight is 264 g/mol. The van der Waals surface area contributed by atoms with E-state index < -0.39 is 0 Å². The largest absolute Gasteiger partial charge is 0.312 e. The molecule has 0 amide bonds. The van der Waals surface area contributed by atoms with Crippen molar-refractivity contribution in [2.24, 2.45) is 7.05 Å². The highest BCUT2D eigenvalue weighted by Crippen LogP contribution is 2.11. The van der Waals surface area contributed by atoms with Crippen molar-refractivity contribution in [3.63, 3.8) is 0 Å². The zero-order valence-electron chi connectivity index (χ0n) is 11.4. The van der Waals surface area contributed by atoms with Crippen LogP contribution < -0.4 is 5.32 Å². The lowest BCUT2D eigenvalue weighted by molar-refractivity contribution is 0.674. The number of nitrogens with one attached hydrogen (secondary N) is 1. The highest BCUT2D eigenvalue weighted by Gasteiger charge is 2.08. The van der Waals surface area contributed by atoms with E-state index in [1.54, 1.807) is 11.3 Å². The van der Waals surface area contributed by atoms with Crippen LogP contribution in [0.3, 0.4) is 0 Å². The smallest absolute Gasteiger partial charge is 0.0897 e. The van der Waals surface area contributed by atoms with Gasteiger partial charge in [-0.05, 0) is 20.8 Å². The van der Waals surface area contributed by atoms with Crippen molar-refractivity contribution in [3.05, 3.63) is 33.0 Å². The minimum Gasteiger partial charge on any atom is -0.312 e. The van der Waals surface area contributed by atoms with Gasteiger partial charge in [0.1, 0.15) is 0 Å². The molecule has 0 aliphatic heterocycles. The molecule has 0 atom stereocenters. The first kappa shape index (κ1) is 13.2. The highest BCUT2D eigenvalue weighted by molar-refractivity contribution is 7.09. The standard InChI is InChI=1S/C13H20N4S/c1-9-13(10(2)17(4)16-9)7-14-6-5-12-8-18-11(3)15-12/h8,14H,5-7H2,1-4H3. The molecular formula is C13H20N4S. The Morgan fingerprint density at radius 2 is 2.11 bits per heavy atom. The molecule has 0 unspecified atom stereocenters. The lowest BCUT2D eigenvalue weighted by atomic mass is 10.2. The summed E-state index contributed by atoms with van der Waals surface area (Å²) in [7, 11) is 1.99. The van der Waals surface area contributed by atoms with Crippen molar-refractivity contribution in [1.82, 2.24) is 20.1 Å². The number of hydrogen-bond acceptors (Lipinski definition) is 4. The second kappa shape index (κ2) is 5.63. The SMILES string of the molecule is Cc1nc(CCNCc2c(C)nn(C)c2C)cs1. The van der Waals surface area contributed by atoms with Crippen LogP contribution in [-0.2, 0) is 20.0 Å². The Labute approximate surface area is 112 Å². The van der Waals surface area contributed by atoms with Gasteiger partial charge in [-0.2, -0.15) is 5.10 Å². The normalized spacial score (nSPS) is 11.1. The zero-order chi connectivity index (χ0) is 13.1. The Balaban J connectivity index is 1.82. The van der Waals surface area contributed by atoms with Crippen LogP contribution in [0.1, 0.15) is 27.7 Å². The van der Waals surface area contributed by atoms with Crippen LogP contribution >= 0.6 is 11.3 Å². The fourth-order valence-corrected chi connectivity index (χ4v) is 2.67. The number of thiazole rings is 1. The number of rotatable bonds is 5. The maximum atomic E-state index is 4.46. The molecule has 2 aromatic heterocycles. The van der Waals surface area contributed by atoms with Gasteiger partial charge < -0.3 is 5.32 Å². The summed E-state index contributed by atoms with van der Waals surface area (Å²) in [6.45, 7) is 8.06. The minimum absolute atomic E-state index is 0.884. The van der Waals surface area contributed by atoms with E-state index in [0.717, 1.165) is 30.2 Å². The van der Waals surface area contributed by atoms with E-state index in [0.29, 0.717) is 0 Å². The van der Waals surface area contributed by atoms with E-state index in [4.69, 9.17) is 0 Å². The van der Waals surface area contributed by atoms with Gasteiger partial charge in [-0.3, -0.25) is 4.68 Å². The Kier molecular flexibility index (Phi) is 4.14. The van der Waals surface area contributed by atoms with Gasteiger partial charge in [-0.15, -0.1) is 11.3 Å². The second-order valence-corrected chi connectivity index (χ2v) is 5.62. The second-order valence-electron chi connectivity index (χ2n) is 4.56. The molecule has 0 spiro atoms. The summed E-state index contributed by atoms with van der Waals surface area (Å²) in [6.07, 6.45) is 0.989. The molecule has 18 heavy (non-hydrogen) atoms. The molecule has 0 saturated heterocycles. The van der Waals surface area contributed by atoms with Gasteiger partial charge >= 0.3 is 0 Å². The molecule has 0 saturated carbocycles. The van der Waals surface area contributed by atoms with E-state index in [2.05, 4.69) is 34.6 Å².